The summed E-state index contributed by atoms with van der Waals surface area (Å²) in [6.07, 6.45) is 0. The molecule has 0 fully saturated rings. The first-order valence-corrected chi connectivity index (χ1v) is 0. The molecular formula is HoLuTmY. The van der Waals surface area contributed by atoms with Gasteiger partial charge in [-0.2, -0.15) is 0 Å². The minimum Gasteiger partial charge on any atom is 0 e. The fraction of sp³-hybridized carbons (Fsp3) is 0. The van der Waals surface area contributed by atoms with Crippen molar-refractivity contribution in [2.45, 2.75) is 0 Å². The van der Waals surface area contributed by atoms with Gasteiger partial charge in [-0.3, -0.25) is 0 Å². The van der Waals surface area contributed by atoms with Crippen molar-refractivity contribution in [3.8, 4) is 0 Å². The van der Waals surface area contributed by atoms with Crippen molar-refractivity contribution in [3.63, 3.8) is 0 Å². The third-order valence-corrected chi connectivity index (χ3v) is 0. The first-order valence-electron chi connectivity index (χ1n) is 0. The fourth-order valence-electron chi connectivity index (χ4n) is 0. The van der Waals surface area contributed by atoms with Crippen LogP contribution < -0.4 is 0 Å². The van der Waals surface area contributed by atoms with E-state index in [1.165, 1.54) is 0 Å². The van der Waals surface area contributed by atoms with E-state index in [4.69, 9.17) is 0 Å². The van der Waals surface area contributed by atoms with Gasteiger partial charge in [0.05, 0.1) is 0 Å². The minimum atomic E-state index is 0. The van der Waals surface area contributed by atoms with Crippen LogP contribution in [-0.4, -0.2) is 0 Å². The maximum absolute atomic E-state index is 0. The topological polar surface area (TPSA) is 0 Å². The van der Waals surface area contributed by atoms with Crippen LogP contribution in [0.2, 0.25) is 0 Å². The molecule has 4 radical (unpaired) electrons. The Hall–Kier alpha value is 4.83. The van der Waals surface area contributed by atoms with Crippen LogP contribution in [0.3, 0.4) is 0 Å². The molecule has 0 rings (SSSR count). The Bertz CT molecular complexity index is 8.00. The van der Waals surface area contributed by atoms with Gasteiger partial charge in [-0.05, 0) is 0 Å². The molecule has 0 spiro atoms. The molecule has 0 amide bonds. The predicted octanol–water partition coefficient (Wildman–Crippen LogP) is -0.00250. The van der Waals surface area contributed by atoms with Crippen LogP contribution in [0.25, 0.3) is 0 Å². The molecule has 0 aliphatic heterocycles. The smallest absolute Gasteiger partial charge is 0 e. The minimum absolute atomic E-state index is 0. The number of hydrogen-bond donors (Lipinski definition) is 0. The Morgan fingerprint density at radius 2 is 1.00 bits per heavy atom. The SMILES string of the molecule is [Ho].[Lu].[Tm].[Y]. The van der Waals surface area contributed by atoms with Gasteiger partial charge >= 0.3 is 0 Å². The zero-order chi connectivity index (χ0) is 0. The van der Waals surface area contributed by atoms with Gasteiger partial charge in [-0.1, -0.05) is 0 Å². The predicted molar refractivity (Wildman–Crippen MR) is 0 cm³/mol. The third kappa shape index (κ3) is 9.95. The van der Waals surface area contributed by atoms with E-state index in [0.29, 0.717) is 0 Å². The fourth-order valence-corrected chi connectivity index (χ4v) is 0. The molecular weight excluding hydrogens is 598 g/mol. The van der Waals surface area contributed by atoms with Gasteiger partial charge < -0.3 is 0 Å². The molecule has 0 aliphatic rings. The van der Waals surface area contributed by atoms with E-state index in [0.717, 1.165) is 0 Å². The average molecular weight is 598 g/mol. The zero-order valence-corrected chi connectivity index (χ0v) is 9.62. The molecule has 0 N–H and O–H groups in total. The van der Waals surface area contributed by atoms with E-state index in [9.17, 15) is 0 Å². The normalized spacial score (nSPS) is 0. The van der Waals surface area contributed by atoms with Crippen LogP contribution >= 0.6 is 0 Å². The molecule has 42 valence electrons. The van der Waals surface area contributed by atoms with Crippen LogP contribution in [0.4, 0.5) is 0 Å². The Labute approximate surface area is 139 Å². The summed E-state index contributed by atoms with van der Waals surface area (Å²) in [7, 11) is 0. The van der Waals surface area contributed by atoms with Gasteiger partial charge in [0.2, 0.25) is 0 Å². The largest absolute Gasteiger partial charge is 0 e. The molecule has 0 aliphatic carbocycles. The molecule has 0 saturated heterocycles. The molecule has 0 unspecified atom stereocenters. The Morgan fingerprint density at radius 1 is 1.00 bits per heavy atom. The van der Waals surface area contributed by atoms with Crippen molar-refractivity contribution in [3.05, 3.63) is 0 Å². The number of hydrogen-bond acceptors (Lipinski definition) is 0. The first-order chi connectivity index (χ1) is 0. The second-order valence-electron chi connectivity index (χ2n) is 0. The maximum atomic E-state index is 0. The van der Waals surface area contributed by atoms with Crippen molar-refractivity contribution < 1.29 is 144 Å². The molecule has 0 aromatic heterocycles. The molecule has 0 saturated carbocycles. The van der Waals surface area contributed by atoms with Gasteiger partial charge in [0.15, 0.2) is 0 Å². The van der Waals surface area contributed by atoms with Gasteiger partial charge in [-0.15, -0.1) is 0 Å². The first kappa shape index (κ1) is 23.2. The summed E-state index contributed by atoms with van der Waals surface area (Å²) in [4.78, 5) is 0. The van der Waals surface area contributed by atoms with E-state index in [1.54, 1.807) is 0 Å². The van der Waals surface area contributed by atoms with Crippen molar-refractivity contribution in [1.29, 1.82) is 0 Å². The van der Waals surface area contributed by atoms with Crippen LogP contribution in [-0.2, 0) is 32.7 Å². The molecule has 0 nitrogen and oxygen atoms in total. The summed E-state index contributed by atoms with van der Waals surface area (Å²) in [6.45, 7) is 0. The zero-order valence-electron chi connectivity index (χ0n) is 1.41. The van der Waals surface area contributed by atoms with Crippen molar-refractivity contribution in [2.75, 3.05) is 0 Å². The van der Waals surface area contributed by atoms with Crippen LogP contribution in [0, 0.1) is 111 Å². The van der Waals surface area contributed by atoms with Crippen molar-refractivity contribution >= 4 is 0 Å². The van der Waals surface area contributed by atoms with E-state index in [1.807, 2.05) is 0 Å². The molecule has 0 atom stereocenters. The van der Waals surface area contributed by atoms with Gasteiger partial charge in [0, 0.05) is 144 Å². The molecule has 0 bridgehead atoms. The van der Waals surface area contributed by atoms with E-state index >= 15 is 0 Å². The molecule has 0 aromatic carbocycles. The summed E-state index contributed by atoms with van der Waals surface area (Å²) >= 11 is 0. The average Bonchev–Trinajstić information content (AvgIpc) is 0. The molecule has 4 heavy (non-hydrogen) atoms. The Balaban J connectivity index is 0. The number of rotatable bonds is 0. The van der Waals surface area contributed by atoms with Gasteiger partial charge in [-0.25, -0.2) is 0 Å². The Morgan fingerprint density at radius 3 is 1.00 bits per heavy atom. The summed E-state index contributed by atoms with van der Waals surface area (Å²) in [6, 6.07) is 0. The van der Waals surface area contributed by atoms with Gasteiger partial charge in [0.1, 0.15) is 0 Å². The van der Waals surface area contributed by atoms with Crippen molar-refractivity contribution in [1.82, 2.24) is 0 Å². The van der Waals surface area contributed by atoms with Crippen molar-refractivity contribution in [2.24, 2.45) is 0 Å². The molecule has 0 heterocycles. The third-order valence-electron chi connectivity index (χ3n) is 0. The van der Waals surface area contributed by atoms with Gasteiger partial charge in [0.25, 0.3) is 0 Å². The Kier molecular flexibility index (Phi) is 90.8. The quantitative estimate of drug-likeness (QED) is 0.345. The van der Waals surface area contributed by atoms with E-state index in [2.05, 4.69) is 0 Å². The monoisotopic (exact) mass is 598 g/mol. The van der Waals surface area contributed by atoms with E-state index in [-0.39, 0.29) is 144 Å². The second kappa shape index (κ2) is 15.7. The van der Waals surface area contributed by atoms with E-state index < -0.39 is 0 Å². The maximum Gasteiger partial charge on any atom is 0 e. The summed E-state index contributed by atoms with van der Waals surface area (Å²) in [5.74, 6) is 0. The molecule has 4 heteroatoms. The summed E-state index contributed by atoms with van der Waals surface area (Å²) < 4.78 is 0. The summed E-state index contributed by atoms with van der Waals surface area (Å²) in [5.41, 5.74) is 0. The van der Waals surface area contributed by atoms with Crippen LogP contribution in [0.15, 0.2) is 0 Å². The summed E-state index contributed by atoms with van der Waals surface area (Å²) in [5, 5.41) is 0. The standard InChI is InChI=1S/Ho.Lu.Tm.Y. The van der Waals surface area contributed by atoms with Crippen LogP contribution in [0.5, 0.6) is 0 Å². The second-order valence-corrected chi connectivity index (χ2v) is 0. The van der Waals surface area contributed by atoms with Crippen LogP contribution in [0.1, 0.15) is 0 Å². The molecule has 0 aromatic rings.